The summed E-state index contributed by atoms with van der Waals surface area (Å²) in [5, 5.41) is 15.5. The maximum absolute atomic E-state index is 13.8. The average molecular weight is 557 g/mol. The molecule has 0 atom stereocenters. The van der Waals surface area contributed by atoms with E-state index in [1.807, 2.05) is 0 Å². The lowest BCUT2D eigenvalue weighted by atomic mass is 10.2. The molecule has 13 nitrogen and oxygen atoms in total. The van der Waals surface area contributed by atoms with Crippen LogP contribution in [0.25, 0.3) is 0 Å². The molecule has 0 unspecified atom stereocenters. The lowest BCUT2D eigenvalue weighted by Crippen LogP contribution is -2.40. The van der Waals surface area contributed by atoms with Gasteiger partial charge in [0.2, 0.25) is 0 Å². The van der Waals surface area contributed by atoms with Gasteiger partial charge in [-0.25, -0.2) is 13.8 Å². The van der Waals surface area contributed by atoms with Crippen LogP contribution in [-0.2, 0) is 14.8 Å². The van der Waals surface area contributed by atoms with E-state index in [9.17, 15) is 23.3 Å². The van der Waals surface area contributed by atoms with Crippen molar-refractivity contribution in [3.8, 4) is 23.0 Å². The third-order valence-electron chi connectivity index (χ3n) is 5.56. The molecule has 1 aliphatic heterocycles. The lowest BCUT2D eigenvalue weighted by molar-refractivity contribution is -0.387. The second kappa shape index (κ2) is 11.7. The molecular formula is C25H24N4O9S. The number of fused-ring (bicyclic) bond motifs is 1. The Bertz CT molecular complexity index is 1530. The first kappa shape index (κ1) is 27.2. The zero-order chi connectivity index (χ0) is 28.0. The van der Waals surface area contributed by atoms with Crippen molar-refractivity contribution in [2.75, 3.05) is 38.3 Å². The van der Waals surface area contributed by atoms with Gasteiger partial charge < -0.3 is 18.9 Å². The number of methoxy groups -OCH3 is 2. The van der Waals surface area contributed by atoms with Crippen LogP contribution in [0.15, 0.2) is 70.7 Å². The predicted octanol–water partition coefficient (Wildman–Crippen LogP) is 2.73. The molecule has 0 spiro atoms. The van der Waals surface area contributed by atoms with Crippen LogP contribution in [0.2, 0.25) is 0 Å². The van der Waals surface area contributed by atoms with E-state index >= 15 is 0 Å². The van der Waals surface area contributed by atoms with Gasteiger partial charge in [-0.3, -0.25) is 19.2 Å². The summed E-state index contributed by atoms with van der Waals surface area (Å²) in [6.45, 7) is -0.0176. The number of carbonyl (C=O) groups is 1. The summed E-state index contributed by atoms with van der Waals surface area (Å²) in [6, 6.07) is 14.3. The van der Waals surface area contributed by atoms with E-state index < -0.39 is 38.0 Å². The molecule has 0 saturated heterocycles. The van der Waals surface area contributed by atoms with Gasteiger partial charge in [0.1, 0.15) is 31.3 Å². The fourth-order valence-electron chi connectivity index (χ4n) is 3.77. The highest BCUT2D eigenvalue weighted by Crippen LogP contribution is 2.37. The molecule has 1 heterocycles. The Morgan fingerprint density at radius 2 is 1.87 bits per heavy atom. The SMILES string of the molecule is COc1ccc(N(CC(=O)N/N=C\c2cccc3c2OCCO3)S(=O)(=O)c2ccccc2[N+](=O)[O-])c(OC)c1. The zero-order valence-electron chi connectivity index (χ0n) is 20.9. The highest BCUT2D eigenvalue weighted by molar-refractivity contribution is 7.93. The fraction of sp³-hybridized carbons (Fsp3) is 0.200. The first-order valence-electron chi connectivity index (χ1n) is 11.4. The predicted molar refractivity (Wildman–Crippen MR) is 140 cm³/mol. The topological polar surface area (TPSA) is 159 Å². The number of sulfonamides is 1. The van der Waals surface area contributed by atoms with E-state index in [1.165, 1.54) is 50.8 Å². The smallest absolute Gasteiger partial charge is 0.289 e. The number of nitrogens with zero attached hydrogens (tertiary/aromatic N) is 3. The first-order valence-corrected chi connectivity index (χ1v) is 12.9. The second-order valence-electron chi connectivity index (χ2n) is 7.94. The molecule has 0 fully saturated rings. The zero-order valence-corrected chi connectivity index (χ0v) is 21.7. The molecule has 3 aromatic carbocycles. The Labute approximate surface area is 223 Å². The van der Waals surface area contributed by atoms with Gasteiger partial charge in [0.15, 0.2) is 16.4 Å². The van der Waals surface area contributed by atoms with Gasteiger partial charge in [0, 0.05) is 17.7 Å². The minimum absolute atomic E-state index is 0.0433. The summed E-state index contributed by atoms with van der Waals surface area (Å²) < 4.78 is 49.9. The standard InChI is InChI=1S/C25H24N4O9S/c1-35-18-10-11-19(22(14-18)36-2)28(39(33,34)23-9-4-3-7-20(23)29(31)32)16-24(30)27-26-15-17-6-5-8-21-25(17)38-13-12-37-21/h3-11,14-15H,12-13,16H2,1-2H3,(H,27,30)/b26-15-. The van der Waals surface area contributed by atoms with Crippen LogP contribution < -0.4 is 28.7 Å². The Balaban J connectivity index is 1.67. The van der Waals surface area contributed by atoms with Gasteiger partial charge in [-0.15, -0.1) is 0 Å². The maximum atomic E-state index is 13.8. The molecule has 4 rings (SSSR count). The first-order chi connectivity index (χ1) is 18.8. The monoisotopic (exact) mass is 556 g/mol. The van der Waals surface area contributed by atoms with E-state index in [1.54, 1.807) is 18.2 Å². The quantitative estimate of drug-likeness (QED) is 0.225. The van der Waals surface area contributed by atoms with Crippen LogP contribution in [0.3, 0.4) is 0 Å². The third-order valence-corrected chi connectivity index (χ3v) is 7.37. The van der Waals surface area contributed by atoms with Gasteiger partial charge in [-0.1, -0.05) is 18.2 Å². The van der Waals surface area contributed by atoms with Crippen molar-refractivity contribution in [1.29, 1.82) is 0 Å². The second-order valence-corrected chi connectivity index (χ2v) is 9.77. The number of amides is 1. The van der Waals surface area contributed by atoms with Crippen LogP contribution in [0.4, 0.5) is 11.4 Å². The Kier molecular flexibility index (Phi) is 8.15. The minimum Gasteiger partial charge on any atom is -0.497 e. The molecule has 1 amide bonds. The number of hydrogen-bond donors (Lipinski definition) is 1. The van der Waals surface area contributed by atoms with Gasteiger partial charge >= 0.3 is 0 Å². The molecule has 1 N–H and O–H groups in total. The number of benzene rings is 3. The van der Waals surface area contributed by atoms with Gasteiger partial charge in [-0.05, 0) is 30.3 Å². The van der Waals surface area contributed by atoms with Crippen molar-refractivity contribution in [2.45, 2.75) is 4.90 Å². The number of para-hydroxylation sites is 2. The van der Waals surface area contributed by atoms with Crippen molar-refractivity contribution in [3.63, 3.8) is 0 Å². The van der Waals surface area contributed by atoms with Crippen LogP contribution in [0.5, 0.6) is 23.0 Å². The van der Waals surface area contributed by atoms with Crippen molar-refractivity contribution >= 4 is 33.5 Å². The Morgan fingerprint density at radius 3 is 2.62 bits per heavy atom. The molecule has 0 aromatic heterocycles. The third kappa shape index (κ3) is 5.85. The summed E-state index contributed by atoms with van der Waals surface area (Å²) in [5.41, 5.74) is 2.13. The summed E-state index contributed by atoms with van der Waals surface area (Å²) in [6.07, 6.45) is 1.33. The number of nitrogens with one attached hydrogen (secondary N) is 1. The maximum Gasteiger partial charge on any atom is 0.289 e. The summed E-state index contributed by atoms with van der Waals surface area (Å²) in [5.74, 6) is 0.592. The highest BCUT2D eigenvalue weighted by Gasteiger charge is 2.34. The summed E-state index contributed by atoms with van der Waals surface area (Å²) in [4.78, 5) is 23.1. The summed E-state index contributed by atoms with van der Waals surface area (Å²) in [7, 11) is -1.92. The van der Waals surface area contributed by atoms with Crippen molar-refractivity contribution in [2.24, 2.45) is 5.10 Å². The van der Waals surface area contributed by atoms with Gasteiger partial charge in [-0.2, -0.15) is 5.10 Å². The molecule has 204 valence electrons. The van der Waals surface area contributed by atoms with Crippen molar-refractivity contribution in [3.05, 3.63) is 76.3 Å². The molecule has 0 aliphatic carbocycles. The number of anilines is 1. The van der Waals surface area contributed by atoms with E-state index in [-0.39, 0.29) is 11.4 Å². The molecule has 14 heteroatoms. The van der Waals surface area contributed by atoms with E-state index in [0.717, 1.165) is 12.1 Å². The van der Waals surface area contributed by atoms with Gasteiger partial charge in [0.25, 0.3) is 21.6 Å². The average Bonchev–Trinajstić information content (AvgIpc) is 2.95. The highest BCUT2D eigenvalue weighted by atomic mass is 32.2. The van der Waals surface area contributed by atoms with E-state index in [2.05, 4.69) is 10.5 Å². The molecule has 0 saturated carbocycles. The van der Waals surface area contributed by atoms with Crippen molar-refractivity contribution < 1.29 is 37.1 Å². The van der Waals surface area contributed by atoms with Gasteiger partial charge in [0.05, 0.1) is 31.0 Å². The van der Waals surface area contributed by atoms with Crippen LogP contribution in [-0.4, -0.2) is 59.4 Å². The molecule has 3 aromatic rings. The number of carbonyl (C=O) groups excluding carboxylic acids is 1. The number of hydrogen-bond acceptors (Lipinski definition) is 10. The van der Waals surface area contributed by atoms with Crippen molar-refractivity contribution in [1.82, 2.24) is 5.43 Å². The van der Waals surface area contributed by atoms with Crippen LogP contribution in [0, 0.1) is 10.1 Å². The normalized spacial score (nSPS) is 12.6. The number of nitro groups is 1. The summed E-state index contributed by atoms with van der Waals surface area (Å²) >= 11 is 0. The molecule has 0 radical (unpaired) electrons. The fourth-order valence-corrected chi connectivity index (χ4v) is 5.36. The molecule has 0 bridgehead atoms. The number of nitro benzene ring substituents is 1. The van der Waals surface area contributed by atoms with E-state index in [4.69, 9.17) is 18.9 Å². The molecule has 39 heavy (non-hydrogen) atoms. The Morgan fingerprint density at radius 1 is 1.10 bits per heavy atom. The van der Waals surface area contributed by atoms with Crippen LogP contribution >= 0.6 is 0 Å². The lowest BCUT2D eigenvalue weighted by Gasteiger charge is -2.25. The Hall–Kier alpha value is -4.85. The molecular weight excluding hydrogens is 532 g/mol. The van der Waals surface area contributed by atoms with E-state index in [0.29, 0.717) is 40.3 Å². The van der Waals surface area contributed by atoms with Crippen LogP contribution in [0.1, 0.15) is 5.56 Å². The minimum atomic E-state index is -4.64. The number of ether oxygens (including phenoxy) is 4. The largest absolute Gasteiger partial charge is 0.497 e. The number of hydrazone groups is 1. The molecule has 1 aliphatic rings. The number of rotatable bonds is 10.